The van der Waals surface area contributed by atoms with Gasteiger partial charge in [0.1, 0.15) is 5.75 Å². The van der Waals surface area contributed by atoms with Crippen LogP contribution in [0.4, 0.5) is 0 Å². The van der Waals surface area contributed by atoms with Crippen molar-refractivity contribution in [2.75, 3.05) is 13.1 Å². The Morgan fingerprint density at radius 2 is 1.79 bits per heavy atom. The molecule has 11 heteroatoms. The Kier molecular flexibility index (Phi) is 11.1. The van der Waals surface area contributed by atoms with Crippen molar-refractivity contribution in [3.05, 3.63) is 61.1 Å². The predicted octanol–water partition coefficient (Wildman–Crippen LogP) is 3.24. The molecule has 2 amide bonds. The standard InChI is InChI=1S/C22H21Cl2N3O3S2.K.H/c1-4-27(5-2)22(30)18-9-8-17(32-18)21(29)26-25-12(3)14-11-31-20(19(14)28)13-6-7-15(23)16(24)10-13;;/h6-11,28H,4-5H2,1-3H3,(H,26,29);;/q;+1;-1/b25-12-;;. The zero-order valence-electron chi connectivity index (χ0n) is 19.6. The molecule has 2 heterocycles. The summed E-state index contributed by atoms with van der Waals surface area (Å²) in [5.41, 5.74) is 4.16. The Labute approximate surface area is 254 Å². The number of halogens is 2. The third kappa shape index (κ3) is 6.68. The molecule has 0 saturated heterocycles. The molecule has 0 unspecified atom stereocenters. The molecule has 2 N–H and O–H groups in total. The van der Waals surface area contributed by atoms with Gasteiger partial charge in [0.05, 0.1) is 36.0 Å². The van der Waals surface area contributed by atoms with Gasteiger partial charge in [-0.1, -0.05) is 29.3 Å². The van der Waals surface area contributed by atoms with E-state index in [-0.39, 0.29) is 64.5 Å². The van der Waals surface area contributed by atoms with Gasteiger partial charge < -0.3 is 11.4 Å². The van der Waals surface area contributed by atoms with Crippen molar-refractivity contribution >= 4 is 63.4 Å². The summed E-state index contributed by atoms with van der Waals surface area (Å²) >= 11 is 14.5. The van der Waals surface area contributed by atoms with Gasteiger partial charge in [0.25, 0.3) is 11.8 Å². The molecule has 33 heavy (non-hydrogen) atoms. The summed E-state index contributed by atoms with van der Waals surface area (Å²) in [6, 6.07) is 8.36. The maximum absolute atomic E-state index is 12.5. The van der Waals surface area contributed by atoms with Crippen LogP contribution in [0.3, 0.4) is 0 Å². The summed E-state index contributed by atoms with van der Waals surface area (Å²) in [6.45, 7) is 6.71. The third-order valence-electron chi connectivity index (χ3n) is 4.75. The number of benzene rings is 1. The first-order chi connectivity index (χ1) is 15.3. The number of carbonyl (C=O) groups is 2. The van der Waals surface area contributed by atoms with Gasteiger partial charge in [-0.3, -0.25) is 9.59 Å². The van der Waals surface area contributed by atoms with Crippen LogP contribution >= 0.6 is 45.9 Å². The molecule has 0 fully saturated rings. The molecule has 0 aliphatic carbocycles. The van der Waals surface area contributed by atoms with Gasteiger partial charge in [-0.05, 0) is 50.6 Å². The quantitative estimate of drug-likeness (QED) is 0.269. The molecule has 3 aromatic rings. The summed E-state index contributed by atoms with van der Waals surface area (Å²) < 4.78 is 0. The van der Waals surface area contributed by atoms with Crippen molar-refractivity contribution in [1.29, 1.82) is 0 Å². The van der Waals surface area contributed by atoms with Gasteiger partial charge in [0.2, 0.25) is 0 Å². The number of hydrogen-bond acceptors (Lipinski definition) is 6. The number of amides is 2. The van der Waals surface area contributed by atoms with Crippen LogP contribution in [-0.4, -0.2) is 40.6 Å². The Morgan fingerprint density at radius 3 is 2.42 bits per heavy atom. The van der Waals surface area contributed by atoms with Gasteiger partial charge in [-0.25, -0.2) is 5.43 Å². The largest absolute Gasteiger partial charge is 1.00 e. The monoisotopic (exact) mass is 549 g/mol. The summed E-state index contributed by atoms with van der Waals surface area (Å²) in [7, 11) is 0. The van der Waals surface area contributed by atoms with E-state index in [4.69, 9.17) is 23.2 Å². The molecular formula is C22H22Cl2KN3O3S2. The van der Waals surface area contributed by atoms with Crippen molar-refractivity contribution in [3.8, 4) is 16.2 Å². The smallest absolute Gasteiger partial charge is 1.00 e. The molecule has 0 radical (unpaired) electrons. The van der Waals surface area contributed by atoms with Crippen LogP contribution in [-0.2, 0) is 0 Å². The molecule has 6 nitrogen and oxygen atoms in total. The van der Waals surface area contributed by atoms with E-state index in [1.807, 2.05) is 13.8 Å². The molecule has 2 aromatic heterocycles. The van der Waals surface area contributed by atoms with E-state index in [0.29, 0.717) is 49.0 Å². The van der Waals surface area contributed by atoms with E-state index in [1.165, 1.54) is 11.3 Å². The number of nitrogens with zero attached hydrogens (tertiary/aromatic N) is 2. The zero-order valence-corrected chi connectivity index (χ0v) is 24.9. The van der Waals surface area contributed by atoms with Crippen LogP contribution in [0.1, 0.15) is 47.1 Å². The number of thiophene rings is 2. The predicted molar refractivity (Wildman–Crippen MR) is 134 cm³/mol. The fraction of sp³-hybridized carbons (Fsp3) is 0.227. The maximum Gasteiger partial charge on any atom is 1.00 e. The SMILES string of the molecule is CCN(CC)C(=O)c1ccc(C(=O)N/N=C(/C)c2csc(-c3ccc(Cl)c(Cl)c3)c2O)s1.[H-].[K+]. The van der Waals surface area contributed by atoms with Crippen LogP contribution < -0.4 is 56.8 Å². The third-order valence-corrected chi connectivity index (χ3v) is 7.58. The van der Waals surface area contributed by atoms with Crippen molar-refractivity contribution in [1.82, 2.24) is 10.3 Å². The van der Waals surface area contributed by atoms with E-state index in [2.05, 4.69) is 10.5 Å². The second-order valence-electron chi connectivity index (χ2n) is 6.74. The molecule has 0 aliphatic rings. The number of carbonyl (C=O) groups excluding carboxylic acids is 2. The number of nitrogens with one attached hydrogen (secondary N) is 1. The van der Waals surface area contributed by atoms with E-state index in [0.717, 1.165) is 16.9 Å². The van der Waals surface area contributed by atoms with Gasteiger partial charge in [-0.15, -0.1) is 22.7 Å². The van der Waals surface area contributed by atoms with Gasteiger partial charge in [0.15, 0.2) is 0 Å². The Bertz CT molecular complexity index is 1200. The average Bonchev–Trinajstić information content (AvgIpc) is 3.42. The van der Waals surface area contributed by atoms with Crippen molar-refractivity contribution in [2.45, 2.75) is 20.8 Å². The number of hydrogen-bond donors (Lipinski definition) is 2. The van der Waals surface area contributed by atoms with Crippen LogP contribution in [0.25, 0.3) is 10.4 Å². The molecule has 3 rings (SSSR count). The Balaban J connectivity index is 0.00000289. The number of hydrazone groups is 1. The van der Waals surface area contributed by atoms with Crippen LogP contribution in [0.5, 0.6) is 5.75 Å². The summed E-state index contributed by atoms with van der Waals surface area (Å²) in [5.74, 6) is -0.476. The Hall–Kier alpha value is -0.754. The molecule has 0 atom stereocenters. The van der Waals surface area contributed by atoms with Crippen LogP contribution in [0.15, 0.2) is 40.8 Å². The van der Waals surface area contributed by atoms with Crippen molar-refractivity contribution < 1.29 is 67.5 Å². The van der Waals surface area contributed by atoms with E-state index in [1.54, 1.807) is 47.5 Å². The molecule has 0 aliphatic heterocycles. The summed E-state index contributed by atoms with van der Waals surface area (Å²) in [4.78, 5) is 28.1. The molecule has 0 spiro atoms. The Morgan fingerprint density at radius 1 is 1.12 bits per heavy atom. The zero-order chi connectivity index (χ0) is 23.4. The normalized spacial score (nSPS) is 11.1. The van der Waals surface area contributed by atoms with Crippen LogP contribution in [0.2, 0.25) is 10.0 Å². The summed E-state index contributed by atoms with van der Waals surface area (Å²) in [5, 5.41) is 17.4. The number of aromatic hydroxyl groups is 1. The van der Waals surface area contributed by atoms with E-state index >= 15 is 0 Å². The van der Waals surface area contributed by atoms with Crippen molar-refractivity contribution in [2.24, 2.45) is 5.10 Å². The van der Waals surface area contributed by atoms with Crippen LogP contribution in [0, 0.1) is 0 Å². The molecule has 170 valence electrons. The molecule has 0 bridgehead atoms. The van der Waals surface area contributed by atoms with Gasteiger partial charge >= 0.3 is 51.4 Å². The topological polar surface area (TPSA) is 82.0 Å². The molecule has 1 aromatic carbocycles. The molecule has 0 saturated carbocycles. The van der Waals surface area contributed by atoms with Gasteiger partial charge in [0, 0.05) is 18.5 Å². The first-order valence-corrected chi connectivity index (χ1v) is 12.2. The first-order valence-electron chi connectivity index (χ1n) is 9.76. The minimum absolute atomic E-state index is 0. The second kappa shape index (κ2) is 12.8. The molecular weight excluding hydrogens is 528 g/mol. The minimum Gasteiger partial charge on any atom is -1.00 e. The van der Waals surface area contributed by atoms with Gasteiger partial charge in [-0.2, -0.15) is 5.10 Å². The van der Waals surface area contributed by atoms with E-state index < -0.39 is 5.91 Å². The fourth-order valence-electron chi connectivity index (χ4n) is 2.94. The average molecular weight is 551 g/mol. The van der Waals surface area contributed by atoms with E-state index in [9.17, 15) is 14.7 Å². The maximum atomic E-state index is 12.5. The fourth-order valence-corrected chi connectivity index (χ4v) is 5.11. The number of rotatable bonds is 7. The first kappa shape index (κ1) is 28.5. The van der Waals surface area contributed by atoms with Crippen molar-refractivity contribution in [3.63, 3.8) is 0 Å². The second-order valence-corrected chi connectivity index (χ2v) is 9.51. The minimum atomic E-state index is -0.424. The summed E-state index contributed by atoms with van der Waals surface area (Å²) in [6.07, 6.45) is 0.